The summed E-state index contributed by atoms with van der Waals surface area (Å²) in [6.07, 6.45) is 1.23. The zero-order valence-corrected chi connectivity index (χ0v) is 23.4. The van der Waals surface area contributed by atoms with Crippen LogP contribution in [0.25, 0.3) is 22.3 Å². The number of fused-ring (bicyclic) bond motifs is 2. The van der Waals surface area contributed by atoms with Crippen LogP contribution in [-0.4, -0.2) is 69.5 Å². The van der Waals surface area contributed by atoms with E-state index < -0.39 is 23.8 Å². The highest BCUT2D eigenvalue weighted by Crippen LogP contribution is 2.36. The van der Waals surface area contributed by atoms with Crippen molar-refractivity contribution >= 4 is 35.0 Å². The summed E-state index contributed by atoms with van der Waals surface area (Å²) < 4.78 is 38.4. The van der Waals surface area contributed by atoms with Crippen LogP contribution in [0.15, 0.2) is 42.6 Å². The highest BCUT2D eigenvalue weighted by molar-refractivity contribution is 5.87. The van der Waals surface area contributed by atoms with E-state index in [1.807, 2.05) is 25.1 Å². The Hall–Kier alpha value is -5.07. The van der Waals surface area contributed by atoms with E-state index in [1.165, 1.54) is 13.2 Å². The summed E-state index contributed by atoms with van der Waals surface area (Å²) in [5.41, 5.74) is 4.67. The van der Waals surface area contributed by atoms with Crippen LogP contribution in [0.3, 0.4) is 0 Å². The standard InChI is InChI=1S/C30H28F2N6O5/c1-16-9-18(19-12-24-27(33-14-19)35-28(34-24)36-29(40)42-2)10-20-15-37(7-8-43-26(16)20)30(41)38-6-5-21(39)13-25(38)17-3-4-22(31)23(32)11-17/h3-4,9-12,14,25H,5-8,13,15H2,1-2H3,(H2,33,34,35,36,40). The van der Waals surface area contributed by atoms with Gasteiger partial charge in [-0.05, 0) is 53.9 Å². The molecule has 2 aromatic carbocycles. The van der Waals surface area contributed by atoms with Crippen molar-refractivity contribution in [3.05, 3.63) is 70.9 Å². The summed E-state index contributed by atoms with van der Waals surface area (Å²) in [4.78, 5) is 52.7. The lowest BCUT2D eigenvalue weighted by molar-refractivity contribution is -0.122. The molecule has 1 fully saturated rings. The minimum Gasteiger partial charge on any atom is -0.491 e. The minimum atomic E-state index is -1.03. The second-order valence-corrected chi connectivity index (χ2v) is 10.5. The molecule has 2 aliphatic rings. The fourth-order valence-electron chi connectivity index (χ4n) is 5.57. The summed E-state index contributed by atoms with van der Waals surface area (Å²) >= 11 is 0. The number of ketones is 1. The Morgan fingerprint density at radius 3 is 2.74 bits per heavy atom. The first-order valence-electron chi connectivity index (χ1n) is 13.7. The lowest BCUT2D eigenvalue weighted by Gasteiger charge is -2.38. The lowest BCUT2D eigenvalue weighted by atomic mass is 9.94. The van der Waals surface area contributed by atoms with Gasteiger partial charge in [0.2, 0.25) is 5.95 Å². The average molecular weight is 591 g/mol. The molecule has 11 nitrogen and oxygen atoms in total. The predicted octanol–water partition coefficient (Wildman–Crippen LogP) is 5.11. The fraction of sp³-hybridized carbons (Fsp3) is 0.300. The van der Waals surface area contributed by atoms with Gasteiger partial charge in [-0.25, -0.2) is 23.4 Å². The molecule has 13 heteroatoms. The molecular weight excluding hydrogens is 562 g/mol. The summed E-state index contributed by atoms with van der Waals surface area (Å²) in [5.74, 6) is -1.17. The second kappa shape index (κ2) is 11.3. The van der Waals surface area contributed by atoms with Crippen molar-refractivity contribution in [2.24, 2.45) is 0 Å². The van der Waals surface area contributed by atoms with Crippen molar-refractivity contribution in [3.63, 3.8) is 0 Å². The van der Waals surface area contributed by atoms with E-state index >= 15 is 0 Å². The van der Waals surface area contributed by atoms with Crippen LogP contribution >= 0.6 is 0 Å². The number of urea groups is 1. The van der Waals surface area contributed by atoms with Crippen molar-refractivity contribution in [2.75, 3.05) is 32.1 Å². The number of hydrogen-bond donors (Lipinski definition) is 2. The van der Waals surface area contributed by atoms with E-state index in [0.29, 0.717) is 29.0 Å². The summed E-state index contributed by atoms with van der Waals surface area (Å²) in [6, 6.07) is 8.23. The van der Waals surface area contributed by atoms with Gasteiger partial charge < -0.3 is 24.3 Å². The van der Waals surface area contributed by atoms with Crippen molar-refractivity contribution < 1.29 is 32.6 Å². The van der Waals surface area contributed by atoms with Crippen LogP contribution in [-0.2, 0) is 16.1 Å². The molecule has 1 atom stereocenters. The van der Waals surface area contributed by atoms with Crippen LogP contribution in [0.5, 0.6) is 5.75 Å². The molecule has 3 amide bonds. The van der Waals surface area contributed by atoms with Crippen molar-refractivity contribution in [1.82, 2.24) is 24.8 Å². The van der Waals surface area contributed by atoms with Gasteiger partial charge in [0.15, 0.2) is 17.3 Å². The number of anilines is 1. The second-order valence-electron chi connectivity index (χ2n) is 10.5. The average Bonchev–Trinajstić information content (AvgIpc) is 3.26. The van der Waals surface area contributed by atoms with Gasteiger partial charge in [-0.1, -0.05) is 6.07 Å². The van der Waals surface area contributed by atoms with Gasteiger partial charge in [0.1, 0.15) is 18.1 Å². The number of imidazole rings is 1. The minimum absolute atomic E-state index is 0.0287. The predicted molar refractivity (Wildman–Crippen MR) is 151 cm³/mol. The van der Waals surface area contributed by atoms with Crippen LogP contribution in [0.2, 0.25) is 0 Å². The van der Waals surface area contributed by atoms with Gasteiger partial charge >= 0.3 is 12.1 Å². The highest BCUT2D eigenvalue weighted by atomic mass is 19.2. The van der Waals surface area contributed by atoms with Crippen LogP contribution < -0.4 is 10.1 Å². The molecule has 1 saturated heterocycles. The summed E-state index contributed by atoms with van der Waals surface area (Å²) in [7, 11) is 1.26. The Morgan fingerprint density at radius 1 is 1.12 bits per heavy atom. The van der Waals surface area contributed by atoms with Gasteiger partial charge in [0, 0.05) is 36.7 Å². The third-order valence-electron chi connectivity index (χ3n) is 7.67. The number of rotatable bonds is 3. The highest BCUT2D eigenvalue weighted by Gasteiger charge is 2.35. The lowest BCUT2D eigenvalue weighted by Crippen LogP contribution is -2.48. The molecule has 0 aliphatic carbocycles. The number of Topliss-reactive ketones (excluding diaryl/α,β-unsaturated/α-hetero) is 1. The quantitative estimate of drug-likeness (QED) is 0.339. The normalized spacial score (nSPS) is 16.8. The van der Waals surface area contributed by atoms with Crippen LogP contribution in [0.4, 0.5) is 24.3 Å². The number of aryl methyl sites for hydroxylation is 1. The van der Waals surface area contributed by atoms with E-state index in [-0.39, 0.29) is 50.3 Å². The number of aromatic nitrogens is 3. The van der Waals surface area contributed by atoms with Crippen LogP contribution in [0.1, 0.15) is 35.6 Å². The number of ether oxygens (including phenoxy) is 2. The number of likely N-dealkylation sites (tertiary alicyclic amines) is 1. The SMILES string of the molecule is COC(=O)Nc1nc2ncc(-c3cc(C)c4c(c3)CN(C(=O)N3CCC(=O)CC3c3ccc(F)c(F)c3)CCO4)cc2[nH]1. The number of piperidine rings is 1. The van der Waals surface area contributed by atoms with E-state index in [2.05, 4.69) is 25.0 Å². The number of hydrogen-bond acceptors (Lipinski definition) is 7. The fourth-order valence-corrected chi connectivity index (χ4v) is 5.57. The first-order chi connectivity index (χ1) is 20.7. The number of methoxy groups -OCH3 is 1. The molecule has 0 radical (unpaired) electrons. The largest absolute Gasteiger partial charge is 0.491 e. The molecular formula is C30H28F2N6O5. The van der Waals surface area contributed by atoms with Gasteiger partial charge in [-0.15, -0.1) is 0 Å². The van der Waals surface area contributed by atoms with E-state index in [1.54, 1.807) is 16.0 Å². The molecule has 222 valence electrons. The number of H-pyrrole nitrogens is 1. The Balaban J connectivity index is 1.28. The Kier molecular flexibility index (Phi) is 7.38. The molecule has 2 aromatic heterocycles. The van der Waals surface area contributed by atoms with Crippen molar-refractivity contribution in [2.45, 2.75) is 32.4 Å². The zero-order chi connectivity index (χ0) is 30.2. The zero-order valence-electron chi connectivity index (χ0n) is 23.4. The molecule has 0 bridgehead atoms. The maximum absolute atomic E-state index is 14.1. The van der Waals surface area contributed by atoms with Crippen LogP contribution in [0, 0.1) is 18.6 Å². The summed E-state index contributed by atoms with van der Waals surface area (Å²) in [6.45, 7) is 2.90. The monoisotopic (exact) mass is 590 g/mol. The number of carbonyl (C=O) groups is 3. The Bertz CT molecular complexity index is 1760. The van der Waals surface area contributed by atoms with E-state index in [4.69, 9.17) is 4.74 Å². The molecule has 0 spiro atoms. The number of pyridine rings is 1. The number of aromatic amines is 1. The van der Waals surface area contributed by atoms with Gasteiger partial charge in [-0.3, -0.25) is 10.1 Å². The van der Waals surface area contributed by atoms with Gasteiger partial charge in [0.25, 0.3) is 0 Å². The third-order valence-corrected chi connectivity index (χ3v) is 7.67. The molecule has 4 heterocycles. The first kappa shape index (κ1) is 28.1. The van der Waals surface area contributed by atoms with Crippen molar-refractivity contribution in [1.29, 1.82) is 0 Å². The third kappa shape index (κ3) is 5.57. The Labute approximate surface area is 244 Å². The van der Waals surface area contributed by atoms with Crippen molar-refractivity contribution in [3.8, 4) is 16.9 Å². The van der Waals surface area contributed by atoms with E-state index in [0.717, 1.165) is 34.4 Å². The summed E-state index contributed by atoms with van der Waals surface area (Å²) in [5, 5.41) is 2.48. The van der Waals surface area contributed by atoms with Gasteiger partial charge in [-0.2, -0.15) is 4.98 Å². The molecule has 0 saturated carbocycles. The maximum atomic E-state index is 14.1. The molecule has 2 aliphatic heterocycles. The smallest absolute Gasteiger partial charge is 0.413 e. The maximum Gasteiger partial charge on any atom is 0.413 e. The number of amides is 3. The first-order valence-corrected chi connectivity index (χ1v) is 13.7. The van der Waals surface area contributed by atoms with E-state index in [9.17, 15) is 23.2 Å². The Morgan fingerprint density at radius 2 is 1.95 bits per heavy atom. The molecule has 43 heavy (non-hydrogen) atoms. The number of nitrogens with one attached hydrogen (secondary N) is 2. The number of halogens is 2. The number of nitrogens with zero attached hydrogens (tertiary/aromatic N) is 4. The number of benzene rings is 2. The molecule has 1 unspecified atom stereocenters. The molecule has 4 aromatic rings. The topological polar surface area (TPSA) is 130 Å². The van der Waals surface area contributed by atoms with Gasteiger partial charge in [0.05, 0.1) is 31.8 Å². The molecule has 6 rings (SSSR count). The number of carbonyl (C=O) groups excluding carboxylic acids is 3. The molecule has 2 N–H and O–H groups in total.